The molecule has 0 amide bonds. The normalized spacial score (nSPS) is 12.0. The van der Waals surface area contributed by atoms with Crippen molar-refractivity contribution in [2.45, 2.75) is 399 Å². The molecule has 6 nitrogen and oxygen atoms in total. The number of hydrogen-bond acceptors (Lipinski definition) is 6. The Kier molecular flexibility index (Phi) is 63.1. The monoisotopic (exact) mass is 1060 g/mol. The third-order valence-electron chi connectivity index (χ3n) is 15.8. The first-order valence-electron chi connectivity index (χ1n) is 34.2. The van der Waals surface area contributed by atoms with E-state index >= 15 is 0 Å². The van der Waals surface area contributed by atoms with E-state index in [0.29, 0.717) is 19.3 Å². The molecule has 0 saturated heterocycles. The van der Waals surface area contributed by atoms with E-state index in [9.17, 15) is 14.4 Å². The number of rotatable bonds is 64. The van der Waals surface area contributed by atoms with Gasteiger partial charge >= 0.3 is 17.9 Å². The summed E-state index contributed by atoms with van der Waals surface area (Å²) in [6.45, 7) is 6.71. The lowest BCUT2D eigenvalue weighted by Gasteiger charge is -2.18. The summed E-state index contributed by atoms with van der Waals surface area (Å²) in [6.07, 6.45) is 76.7. The van der Waals surface area contributed by atoms with Gasteiger partial charge in [0.15, 0.2) is 6.10 Å². The van der Waals surface area contributed by atoms with Crippen LogP contribution in [0.3, 0.4) is 0 Å². The molecular weight excluding hydrogens is 925 g/mol. The van der Waals surface area contributed by atoms with Crippen molar-refractivity contribution >= 4 is 17.9 Å². The first-order chi connectivity index (χ1) is 37.0. The molecule has 6 heteroatoms. The van der Waals surface area contributed by atoms with Crippen molar-refractivity contribution in [1.29, 1.82) is 0 Å². The number of hydrogen-bond donors (Lipinski definition) is 0. The molecule has 0 aromatic heterocycles. The van der Waals surface area contributed by atoms with Crippen LogP contribution in [-0.2, 0) is 28.6 Å². The predicted molar refractivity (Wildman–Crippen MR) is 326 cm³/mol. The molecule has 0 N–H and O–H groups in total. The molecule has 1 unspecified atom stereocenters. The Morgan fingerprint density at radius 1 is 0.253 bits per heavy atom. The fourth-order valence-corrected chi connectivity index (χ4v) is 10.6. The zero-order valence-corrected chi connectivity index (χ0v) is 51.1. The number of ether oxygens (including phenoxy) is 3. The molecule has 0 fully saturated rings. The van der Waals surface area contributed by atoms with Crippen molar-refractivity contribution in [2.24, 2.45) is 0 Å². The van der Waals surface area contributed by atoms with Crippen molar-refractivity contribution in [1.82, 2.24) is 0 Å². The summed E-state index contributed by atoms with van der Waals surface area (Å²) in [5.74, 6) is -0.832. The minimum atomic E-state index is -0.764. The van der Waals surface area contributed by atoms with Gasteiger partial charge in [-0.25, -0.2) is 0 Å². The Morgan fingerprint density at radius 2 is 0.440 bits per heavy atom. The Morgan fingerprint density at radius 3 is 0.667 bits per heavy atom. The van der Waals surface area contributed by atoms with E-state index in [1.54, 1.807) is 0 Å². The molecule has 0 radical (unpaired) electrons. The smallest absolute Gasteiger partial charge is 0.306 e. The summed E-state index contributed by atoms with van der Waals surface area (Å²) in [7, 11) is 0. The molecule has 0 aromatic rings. The summed E-state index contributed by atoms with van der Waals surface area (Å²) in [4.78, 5) is 38.3. The van der Waals surface area contributed by atoms with Gasteiger partial charge in [0, 0.05) is 19.3 Å². The van der Waals surface area contributed by atoms with Gasteiger partial charge in [0.05, 0.1) is 0 Å². The molecule has 0 aliphatic rings. The standard InChI is InChI=1S/C69H132O6/c1-4-7-10-13-16-19-22-24-26-28-30-32-33-34-35-36-37-38-40-41-43-45-47-50-53-56-59-62-68(71)74-65-66(64-73-67(70)61-58-55-52-49-21-18-15-12-9-6-3)75-69(72)63-60-57-54-51-48-46-44-42-39-31-29-27-25-23-20-17-14-11-8-5-2/h28,30,66H,4-27,29,31-65H2,1-3H3/b30-28-. The van der Waals surface area contributed by atoms with E-state index in [0.717, 1.165) is 57.8 Å². The van der Waals surface area contributed by atoms with Crippen LogP contribution in [0.5, 0.6) is 0 Å². The summed E-state index contributed by atoms with van der Waals surface area (Å²) >= 11 is 0. The second-order valence-corrected chi connectivity index (χ2v) is 23.5. The van der Waals surface area contributed by atoms with Gasteiger partial charge in [-0.1, -0.05) is 341 Å². The maximum absolute atomic E-state index is 12.9. The van der Waals surface area contributed by atoms with Crippen LogP contribution in [0.25, 0.3) is 0 Å². The number of esters is 3. The topological polar surface area (TPSA) is 78.9 Å². The van der Waals surface area contributed by atoms with Gasteiger partial charge in [-0.15, -0.1) is 0 Å². The van der Waals surface area contributed by atoms with E-state index in [2.05, 4.69) is 32.9 Å². The van der Waals surface area contributed by atoms with Crippen LogP contribution in [0.15, 0.2) is 12.2 Å². The highest BCUT2D eigenvalue weighted by Gasteiger charge is 2.19. The van der Waals surface area contributed by atoms with Crippen LogP contribution >= 0.6 is 0 Å². The highest BCUT2D eigenvalue weighted by molar-refractivity contribution is 5.71. The molecule has 0 aliphatic carbocycles. The third kappa shape index (κ3) is 62.9. The third-order valence-corrected chi connectivity index (χ3v) is 15.8. The SMILES string of the molecule is CCCCCCCCCC/C=C\CCCCCCCCCCCCCCCCCC(=O)OCC(COC(=O)CCCCCCCCCCCC)OC(=O)CCCCCCCCCCCCCCCCCCCCCC. The highest BCUT2D eigenvalue weighted by atomic mass is 16.6. The minimum Gasteiger partial charge on any atom is -0.462 e. The molecule has 0 aliphatic heterocycles. The first-order valence-corrected chi connectivity index (χ1v) is 34.2. The Balaban J connectivity index is 4.12. The molecule has 0 spiro atoms. The molecule has 75 heavy (non-hydrogen) atoms. The average Bonchev–Trinajstić information content (AvgIpc) is 3.41. The number of unbranched alkanes of at least 4 members (excludes halogenated alkanes) is 51. The fourth-order valence-electron chi connectivity index (χ4n) is 10.6. The quantitative estimate of drug-likeness (QED) is 0.0261. The van der Waals surface area contributed by atoms with Crippen LogP contribution < -0.4 is 0 Å². The van der Waals surface area contributed by atoms with Crippen molar-refractivity contribution in [2.75, 3.05) is 13.2 Å². The molecule has 0 heterocycles. The van der Waals surface area contributed by atoms with Gasteiger partial charge in [-0.3, -0.25) is 14.4 Å². The molecule has 0 saturated carbocycles. The summed E-state index contributed by atoms with van der Waals surface area (Å²) in [5, 5.41) is 0. The summed E-state index contributed by atoms with van der Waals surface area (Å²) in [6, 6.07) is 0. The largest absolute Gasteiger partial charge is 0.462 e. The predicted octanol–water partition coefficient (Wildman–Crippen LogP) is 23.2. The van der Waals surface area contributed by atoms with Crippen molar-refractivity contribution in [3.05, 3.63) is 12.2 Å². The number of carbonyl (C=O) groups is 3. The van der Waals surface area contributed by atoms with Crippen molar-refractivity contribution < 1.29 is 28.6 Å². The molecule has 0 aromatic carbocycles. The Labute approximate surface area is 469 Å². The number of allylic oxidation sites excluding steroid dienone is 2. The Bertz CT molecular complexity index is 1170. The minimum absolute atomic E-state index is 0.0628. The summed E-state index contributed by atoms with van der Waals surface area (Å²) in [5.41, 5.74) is 0. The molecule has 444 valence electrons. The van der Waals surface area contributed by atoms with Crippen LogP contribution in [0.1, 0.15) is 393 Å². The Hall–Kier alpha value is -1.85. The molecule has 0 rings (SSSR count). The van der Waals surface area contributed by atoms with Gasteiger partial charge in [-0.2, -0.15) is 0 Å². The maximum atomic E-state index is 12.9. The van der Waals surface area contributed by atoms with Gasteiger partial charge in [0.1, 0.15) is 13.2 Å². The van der Waals surface area contributed by atoms with Crippen molar-refractivity contribution in [3.63, 3.8) is 0 Å². The van der Waals surface area contributed by atoms with Crippen LogP contribution in [0.2, 0.25) is 0 Å². The molecular formula is C69H132O6. The number of carbonyl (C=O) groups excluding carboxylic acids is 3. The maximum Gasteiger partial charge on any atom is 0.306 e. The van der Waals surface area contributed by atoms with E-state index in [-0.39, 0.29) is 31.1 Å². The molecule has 0 bridgehead atoms. The second kappa shape index (κ2) is 64.7. The van der Waals surface area contributed by atoms with Gasteiger partial charge in [-0.05, 0) is 44.9 Å². The van der Waals surface area contributed by atoms with Crippen LogP contribution in [0.4, 0.5) is 0 Å². The highest BCUT2D eigenvalue weighted by Crippen LogP contribution is 2.19. The first kappa shape index (κ1) is 73.2. The van der Waals surface area contributed by atoms with Crippen molar-refractivity contribution in [3.8, 4) is 0 Å². The van der Waals surface area contributed by atoms with Gasteiger partial charge in [0.25, 0.3) is 0 Å². The van der Waals surface area contributed by atoms with Gasteiger partial charge < -0.3 is 14.2 Å². The van der Waals surface area contributed by atoms with E-state index in [1.165, 1.54) is 295 Å². The van der Waals surface area contributed by atoms with Crippen LogP contribution in [0, 0.1) is 0 Å². The van der Waals surface area contributed by atoms with E-state index < -0.39 is 6.10 Å². The van der Waals surface area contributed by atoms with Crippen LogP contribution in [-0.4, -0.2) is 37.2 Å². The average molecular weight is 1060 g/mol. The van der Waals surface area contributed by atoms with E-state index in [1.807, 2.05) is 0 Å². The fraction of sp³-hybridized carbons (Fsp3) is 0.928. The summed E-state index contributed by atoms with van der Waals surface area (Å²) < 4.78 is 16.9. The zero-order chi connectivity index (χ0) is 54.3. The lowest BCUT2D eigenvalue weighted by molar-refractivity contribution is -0.167. The van der Waals surface area contributed by atoms with Gasteiger partial charge in [0.2, 0.25) is 0 Å². The van der Waals surface area contributed by atoms with E-state index in [4.69, 9.17) is 14.2 Å². The molecule has 1 atom stereocenters. The zero-order valence-electron chi connectivity index (χ0n) is 51.1. The lowest BCUT2D eigenvalue weighted by Crippen LogP contribution is -2.30. The second-order valence-electron chi connectivity index (χ2n) is 23.5. The lowest BCUT2D eigenvalue weighted by atomic mass is 10.0.